The van der Waals surface area contributed by atoms with Crippen molar-refractivity contribution in [2.75, 3.05) is 24.7 Å². The first-order chi connectivity index (χ1) is 19.7. The normalized spacial score (nSPS) is 26.8. The van der Waals surface area contributed by atoms with E-state index in [0.717, 1.165) is 12.8 Å². The van der Waals surface area contributed by atoms with Gasteiger partial charge in [0.1, 0.15) is 0 Å². The Balaban J connectivity index is 1.83. The molecule has 3 nitrogen and oxygen atoms in total. The van der Waals surface area contributed by atoms with E-state index in [2.05, 4.69) is 146 Å². The summed E-state index contributed by atoms with van der Waals surface area (Å²) in [6.07, 6.45) is 3.39. The van der Waals surface area contributed by atoms with Gasteiger partial charge in [-0.1, -0.05) is 109 Å². The molecule has 0 radical (unpaired) electrons. The molecular weight excluding hydrogens is 589 g/mol. The molecule has 0 amide bonds. The number of aliphatic hydroxyl groups is 1. The molecule has 2 aromatic carbocycles. The molecule has 42 heavy (non-hydrogen) atoms. The molecule has 1 saturated carbocycles. The van der Waals surface area contributed by atoms with Gasteiger partial charge in [0.2, 0.25) is 0 Å². The van der Waals surface area contributed by atoms with Gasteiger partial charge in [-0.2, -0.15) is 0 Å². The fourth-order valence-corrected chi connectivity index (χ4v) is 16.6. The molecular formula is C35H56O3S2Si2. The lowest BCUT2D eigenvalue weighted by atomic mass is 9.62. The van der Waals surface area contributed by atoms with E-state index in [1.54, 1.807) is 0 Å². The van der Waals surface area contributed by atoms with Crippen LogP contribution in [0.2, 0.25) is 23.2 Å². The quantitative estimate of drug-likeness (QED) is 0.279. The summed E-state index contributed by atoms with van der Waals surface area (Å²) in [4.78, 5) is 0. The first-order valence-electron chi connectivity index (χ1n) is 15.9. The van der Waals surface area contributed by atoms with Crippen LogP contribution in [0.4, 0.5) is 0 Å². The maximum absolute atomic E-state index is 10.9. The van der Waals surface area contributed by atoms with E-state index in [-0.39, 0.29) is 34.1 Å². The molecule has 2 aromatic rings. The topological polar surface area (TPSA) is 38.7 Å². The highest BCUT2D eigenvalue weighted by Gasteiger charge is 2.55. The standard InChI is InChI=1S/C35H56O3S2Si2/c1-33(2,3)41(8,9)38-30-21-22-35(7,26-36)31(32-39-23-16-24-40-32)29(30)25-37-42(34(4,5)6,27-17-12-10-13-18-27)28-19-14-11-15-20-28/h10-15,17-20,29-32,36H,16,21-26H2,1-9H3/t29-,30+,31+,35+/m1/s1. The van der Waals surface area contributed by atoms with Crippen molar-refractivity contribution in [1.29, 1.82) is 0 Å². The van der Waals surface area contributed by atoms with Gasteiger partial charge in [0.25, 0.3) is 8.32 Å². The average molecular weight is 645 g/mol. The predicted molar refractivity (Wildman–Crippen MR) is 190 cm³/mol. The van der Waals surface area contributed by atoms with Crippen LogP contribution in [-0.2, 0) is 8.85 Å². The van der Waals surface area contributed by atoms with E-state index in [1.807, 2.05) is 0 Å². The molecule has 2 aliphatic rings. The van der Waals surface area contributed by atoms with Crippen molar-refractivity contribution < 1.29 is 14.0 Å². The smallest absolute Gasteiger partial charge is 0.261 e. The van der Waals surface area contributed by atoms with E-state index in [1.165, 1.54) is 28.3 Å². The molecule has 0 aromatic heterocycles. The van der Waals surface area contributed by atoms with Crippen LogP contribution in [0.1, 0.15) is 67.7 Å². The van der Waals surface area contributed by atoms with Crippen LogP contribution in [0, 0.1) is 17.3 Å². The van der Waals surface area contributed by atoms with Crippen LogP contribution < -0.4 is 10.4 Å². The summed E-state index contributed by atoms with van der Waals surface area (Å²) in [5.74, 6) is 2.94. The molecule has 4 rings (SSSR count). The molecule has 1 heterocycles. The molecule has 1 N–H and O–H groups in total. The van der Waals surface area contributed by atoms with Crippen molar-refractivity contribution in [3.8, 4) is 0 Å². The highest BCUT2D eigenvalue weighted by Crippen LogP contribution is 2.55. The molecule has 7 heteroatoms. The average Bonchev–Trinajstić information content (AvgIpc) is 2.95. The highest BCUT2D eigenvalue weighted by molar-refractivity contribution is 8.17. The van der Waals surface area contributed by atoms with Gasteiger partial charge in [0.15, 0.2) is 8.32 Å². The summed E-state index contributed by atoms with van der Waals surface area (Å²) in [6, 6.07) is 22.0. The summed E-state index contributed by atoms with van der Waals surface area (Å²) in [6.45, 7) is 22.1. The Morgan fingerprint density at radius 3 is 1.83 bits per heavy atom. The largest absolute Gasteiger partial charge is 0.414 e. The van der Waals surface area contributed by atoms with Crippen LogP contribution in [0.5, 0.6) is 0 Å². The fourth-order valence-electron chi connectivity index (χ4n) is 6.92. The number of hydrogen-bond donors (Lipinski definition) is 1. The summed E-state index contributed by atoms with van der Waals surface area (Å²) in [5, 5.41) is 13.7. The Hall–Kier alpha value is -0.546. The van der Waals surface area contributed by atoms with Crippen molar-refractivity contribution in [3.63, 3.8) is 0 Å². The van der Waals surface area contributed by atoms with Crippen molar-refractivity contribution in [3.05, 3.63) is 60.7 Å². The van der Waals surface area contributed by atoms with Crippen LogP contribution >= 0.6 is 23.5 Å². The van der Waals surface area contributed by atoms with Gasteiger partial charge in [0, 0.05) is 19.1 Å². The third-order valence-electron chi connectivity index (χ3n) is 10.4. The van der Waals surface area contributed by atoms with Crippen LogP contribution in [0.3, 0.4) is 0 Å². The summed E-state index contributed by atoms with van der Waals surface area (Å²) >= 11 is 4.22. The monoisotopic (exact) mass is 644 g/mol. The molecule has 1 aliphatic heterocycles. The number of rotatable bonds is 9. The van der Waals surface area contributed by atoms with Gasteiger partial charge in [0.05, 0.1) is 10.7 Å². The first kappa shape index (κ1) is 34.3. The molecule has 2 fully saturated rings. The molecule has 1 aliphatic carbocycles. The van der Waals surface area contributed by atoms with E-state index >= 15 is 0 Å². The molecule has 1 saturated heterocycles. The lowest BCUT2D eigenvalue weighted by Gasteiger charge is -2.55. The summed E-state index contributed by atoms with van der Waals surface area (Å²) in [5.41, 5.74) is -0.144. The second-order valence-corrected chi connectivity index (χ2v) is 27.3. The third-order valence-corrected chi connectivity index (χ3v) is 23.0. The van der Waals surface area contributed by atoms with E-state index < -0.39 is 16.6 Å². The number of hydrogen-bond acceptors (Lipinski definition) is 5. The highest BCUT2D eigenvalue weighted by atomic mass is 32.2. The summed E-state index contributed by atoms with van der Waals surface area (Å²) in [7, 11) is -4.74. The van der Waals surface area contributed by atoms with Gasteiger partial charge in [-0.3, -0.25) is 0 Å². The van der Waals surface area contributed by atoms with Crippen LogP contribution in [-0.4, -0.2) is 57.1 Å². The minimum absolute atomic E-state index is 0.0791. The SMILES string of the molecule is CC(C)(C)[Si](C)(C)O[C@H]1CC[C@@](C)(CO)[C@H](C2SCCCS2)[C@@H]1CO[Si](c1ccccc1)(c1ccccc1)C(C)(C)C. The zero-order chi connectivity index (χ0) is 30.8. The maximum Gasteiger partial charge on any atom is 0.261 e. The Bertz CT molecular complexity index is 1090. The van der Waals surface area contributed by atoms with Gasteiger partial charge in [-0.05, 0) is 75.6 Å². The Morgan fingerprint density at radius 2 is 1.38 bits per heavy atom. The maximum atomic E-state index is 10.9. The molecule has 4 atom stereocenters. The second-order valence-electron chi connectivity index (χ2n) is 15.4. The molecule has 234 valence electrons. The third kappa shape index (κ3) is 6.98. The summed E-state index contributed by atoms with van der Waals surface area (Å²) < 4.78 is 15.5. The Morgan fingerprint density at radius 1 is 0.857 bits per heavy atom. The minimum Gasteiger partial charge on any atom is -0.414 e. The number of thioether (sulfide) groups is 2. The van der Waals surface area contributed by atoms with Gasteiger partial charge in [-0.15, -0.1) is 23.5 Å². The van der Waals surface area contributed by atoms with Crippen molar-refractivity contribution in [2.24, 2.45) is 17.3 Å². The number of benzene rings is 2. The van der Waals surface area contributed by atoms with Crippen molar-refractivity contribution in [2.45, 2.75) is 102 Å². The Kier molecular flexibility index (Phi) is 11.0. The van der Waals surface area contributed by atoms with Crippen molar-refractivity contribution >= 4 is 50.5 Å². The van der Waals surface area contributed by atoms with Crippen molar-refractivity contribution in [1.82, 2.24) is 0 Å². The second kappa shape index (κ2) is 13.4. The van der Waals surface area contributed by atoms with Gasteiger partial charge in [-0.25, -0.2) is 0 Å². The van der Waals surface area contributed by atoms with E-state index in [9.17, 15) is 5.11 Å². The van der Waals surface area contributed by atoms with E-state index in [0.29, 0.717) is 17.1 Å². The lowest BCUT2D eigenvalue weighted by molar-refractivity contribution is -0.0675. The zero-order valence-electron chi connectivity index (χ0n) is 27.6. The first-order valence-corrected chi connectivity index (χ1v) is 22.8. The fraction of sp³-hybridized carbons (Fsp3) is 0.657. The lowest BCUT2D eigenvalue weighted by Crippen LogP contribution is -2.67. The predicted octanol–water partition coefficient (Wildman–Crippen LogP) is 8.17. The minimum atomic E-state index is -2.71. The molecule has 0 spiro atoms. The van der Waals surface area contributed by atoms with Crippen LogP contribution in [0.25, 0.3) is 0 Å². The van der Waals surface area contributed by atoms with Gasteiger partial charge >= 0.3 is 0 Å². The molecule has 0 unspecified atom stereocenters. The van der Waals surface area contributed by atoms with Gasteiger partial charge < -0.3 is 14.0 Å². The Labute approximate surface area is 267 Å². The molecule has 0 bridgehead atoms. The number of aliphatic hydroxyl groups excluding tert-OH is 1. The zero-order valence-corrected chi connectivity index (χ0v) is 31.2. The van der Waals surface area contributed by atoms with Crippen LogP contribution in [0.15, 0.2) is 60.7 Å². The van der Waals surface area contributed by atoms with E-state index in [4.69, 9.17) is 8.85 Å².